The maximum atomic E-state index is 11.9. The van der Waals surface area contributed by atoms with Gasteiger partial charge in [-0.15, -0.1) is 0 Å². The molecule has 2 N–H and O–H groups in total. The Morgan fingerprint density at radius 2 is 2.05 bits per heavy atom. The van der Waals surface area contributed by atoms with Gasteiger partial charge in [0.15, 0.2) is 0 Å². The summed E-state index contributed by atoms with van der Waals surface area (Å²) in [5.74, 6) is -0.0849. The van der Waals surface area contributed by atoms with E-state index >= 15 is 0 Å². The summed E-state index contributed by atoms with van der Waals surface area (Å²) < 4.78 is 8.30. The SMILES string of the molecule is CCCC(C)NC(=O)CNc1c(Cl)cc(Cl)c2nsnc12. The molecular weight excluding hydrogens is 331 g/mol. The molecule has 0 bridgehead atoms. The van der Waals surface area contributed by atoms with Gasteiger partial charge < -0.3 is 10.6 Å². The van der Waals surface area contributed by atoms with Crippen LogP contribution in [0, 0.1) is 0 Å². The Labute approximate surface area is 137 Å². The molecule has 1 atom stereocenters. The molecule has 0 aliphatic heterocycles. The van der Waals surface area contributed by atoms with Crippen LogP contribution in [0.2, 0.25) is 10.0 Å². The zero-order valence-electron chi connectivity index (χ0n) is 11.7. The summed E-state index contributed by atoms with van der Waals surface area (Å²) in [6.45, 7) is 4.20. The van der Waals surface area contributed by atoms with E-state index in [0.29, 0.717) is 26.8 Å². The Balaban J connectivity index is 2.07. The van der Waals surface area contributed by atoms with E-state index in [1.807, 2.05) is 6.92 Å². The summed E-state index contributed by atoms with van der Waals surface area (Å²) >= 11 is 13.3. The van der Waals surface area contributed by atoms with Crippen LogP contribution in [-0.4, -0.2) is 27.2 Å². The van der Waals surface area contributed by atoms with E-state index < -0.39 is 0 Å². The molecule has 0 aliphatic carbocycles. The summed E-state index contributed by atoms with van der Waals surface area (Å²) in [6.07, 6.45) is 1.98. The molecule has 1 heterocycles. The normalized spacial score (nSPS) is 12.4. The molecule has 2 aromatic rings. The summed E-state index contributed by atoms with van der Waals surface area (Å²) in [7, 11) is 0. The predicted octanol–water partition coefficient (Wildman–Crippen LogP) is 3.71. The second-order valence-electron chi connectivity index (χ2n) is 4.79. The lowest BCUT2D eigenvalue weighted by atomic mass is 10.2. The van der Waals surface area contributed by atoms with Crippen molar-refractivity contribution in [2.75, 3.05) is 11.9 Å². The maximum absolute atomic E-state index is 11.9. The number of hydrogen-bond donors (Lipinski definition) is 2. The number of rotatable bonds is 6. The van der Waals surface area contributed by atoms with Crippen molar-refractivity contribution in [1.82, 2.24) is 14.1 Å². The minimum Gasteiger partial charge on any atom is -0.373 e. The summed E-state index contributed by atoms with van der Waals surface area (Å²) in [4.78, 5) is 11.9. The van der Waals surface area contributed by atoms with Gasteiger partial charge in [-0.25, -0.2) is 0 Å². The standard InChI is InChI=1S/C13H16Cl2N4OS/c1-3-4-7(2)17-10(20)6-16-11-8(14)5-9(15)12-13(11)19-21-18-12/h5,7,16H,3-4,6H2,1-2H3,(H,17,20). The van der Waals surface area contributed by atoms with Crippen LogP contribution in [0.15, 0.2) is 6.07 Å². The highest BCUT2D eigenvalue weighted by Gasteiger charge is 2.15. The Bertz CT molecular complexity index is 646. The van der Waals surface area contributed by atoms with Crippen molar-refractivity contribution in [1.29, 1.82) is 0 Å². The number of fused-ring (bicyclic) bond motifs is 1. The van der Waals surface area contributed by atoms with Crippen molar-refractivity contribution < 1.29 is 4.79 Å². The topological polar surface area (TPSA) is 66.9 Å². The van der Waals surface area contributed by atoms with E-state index in [-0.39, 0.29) is 18.5 Å². The molecule has 0 fully saturated rings. The summed E-state index contributed by atoms with van der Waals surface area (Å²) in [5, 5.41) is 6.82. The summed E-state index contributed by atoms with van der Waals surface area (Å²) in [6, 6.07) is 1.76. The first-order valence-electron chi connectivity index (χ1n) is 6.66. The van der Waals surface area contributed by atoms with E-state index in [0.717, 1.165) is 24.6 Å². The lowest BCUT2D eigenvalue weighted by Gasteiger charge is -2.14. The van der Waals surface area contributed by atoms with Crippen LogP contribution in [0.5, 0.6) is 0 Å². The fourth-order valence-electron chi connectivity index (χ4n) is 2.04. The van der Waals surface area contributed by atoms with Crippen LogP contribution in [0.3, 0.4) is 0 Å². The molecule has 0 saturated heterocycles. The molecule has 21 heavy (non-hydrogen) atoms. The highest BCUT2D eigenvalue weighted by Crippen LogP contribution is 2.34. The van der Waals surface area contributed by atoms with E-state index in [1.165, 1.54) is 0 Å². The van der Waals surface area contributed by atoms with E-state index in [4.69, 9.17) is 23.2 Å². The van der Waals surface area contributed by atoms with E-state index in [9.17, 15) is 4.79 Å². The highest BCUT2D eigenvalue weighted by molar-refractivity contribution is 7.00. The van der Waals surface area contributed by atoms with Crippen molar-refractivity contribution in [2.24, 2.45) is 0 Å². The van der Waals surface area contributed by atoms with Crippen molar-refractivity contribution >= 4 is 57.6 Å². The van der Waals surface area contributed by atoms with Gasteiger partial charge in [0, 0.05) is 6.04 Å². The van der Waals surface area contributed by atoms with Gasteiger partial charge in [0.1, 0.15) is 11.0 Å². The lowest BCUT2D eigenvalue weighted by molar-refractivity contribution is -0.120. The molecule has 1 unspecified atom stereocenters. The lowest BCUT2D eigenvalue weighted by Crippen LogP contribution is -2.36. The number of carbonyl (C=O) groups excluding carboxylic acids is 1. The molecule has 5 nitrogen and oxygen atoms in total. The quantitative estimate of drug-likeness (QED) is 0.836. The predicted molar refractivity (Wildman–Crippen MR) is 88.4 cm³/mol. The Hall–Kier alpha value is -1.11. The molecule has 1 aromatic carbocycles. The number of halogens is 2. The fourth-order valence-corrected chi connectivity index (χ4v) is 3.22. The minimum absolute atomic E-state index is 0.0849. The molecule has 8 heteroatoms. The summed E-state index contributed by atoms with van der Waals surface area (Å²) in [5.41, 5.74) is 1.77. The van der Waals surface area contributed by atoms with Crippen LogP contribution in [0.4, 0.5) is 5.69 Å². The van der Waals surface area contributed by atoms with Crippen molar-refractivity contribution in [3.05, 3.63) is 16.1 Å². The Kier molecular flexibility index (Phi) is 5.61. The molecule has 114 valence electrons. The van der Waals surface area contributed by atoms with Gasteiger partial charge in [0.05, 0.1) is 34.0 Å². The zero-order valence-corrected chi connectivity index (χ0v) is 14.1. The van der Waals surface area contributed by atoms with E-state index in [2.05, 4.69) is 26.3 Å². The monoisotopic (exact) mass is 346 g/mol. The van der Waals surface area contributed by atoms with Crippen LogP contribution in [0.1, 0.15) is 26.7 Å². The molecular formula is C13H16Cl2N4OS. The van der Waals surface area contributed by atoms with Crippen molar-refractivity contribution in [3.63, 3.8) is 0 Å². The molecule has 1 aromatic heterocycles. The first kappa shape index (κ1) is 16.3. The third-order valence-electron chi connectivity index (χ3n) is 3.00. The van der Waals surface area contributed by atoms with Gasteiger partial charge in [0.2, 0.25) is 5.91 Å². The van der Waals surface area contributed by atoms with Gasteiger partial charge in [-0.3, -0.25) is 4.79 Å². The van der Waals surface area contributed by atoms with Crippen LogP contribution >= 0.6 is 34.9 Å². The third-order valence-corrected chi connectivity index (χ3v) is 4.11. The third kappa shape index (κ3) is 3.96. The average molecular weight is 347 g/mol. The molecule has 0 saturated carbocycles. The zero-order chi connectivity index (χ0) is 15.4. The molecule has 0 radical (unpaired) electrons. The molecule has 1 amide bonds. The van der Waals surface area contributed by atoms with Gasteiger partial charge in [0.25, 0.3) is 0 Å². The first-order valence-corrected chi connectivity index (χ1v) is 8.15. The Morgan fingerprint density at radius 3 is 2.76 bits per heavy atom. The number of amides is 1. The molecule has 0 spiro atoms. The number of carbonyl (C=O) groups is 1. The van der Waals surface area contributed by atoms with Crippen molar-refractivity contribution in [2.45, 2.75) is 32.7 Å². The van der Waals surface area contributed by atoms with E-state index in [1.54, 1.807) is 6.07 Å². The smallest absolute Gasteiger partial charge is 0.239 e. The fraction of sp³-hybridized carbons (Fsp3) is 0.462. The number of anilines is 1. The second-order valence-corrected chi connectivity index (χ2v) is 6.13. The maximum Gasteiger partial charge on any atom is 0.239 e. The van der Waals surface area contributed by atoms with Gasteiger partial charge >= 0.3 is 0 Å². The number of nitrogens with one attached hydrogen (secondary N) is 2. The minimum atomic E-state index is -0.0849. The second kappa shape index (κ2) is 7.24. The number of hydrogen-bond acceptors (Lipinski definition) is 5. The highest BCUT2D eigenvalue weighted by atomic mass is 35.5. The van der Waals surface area contributed by atoms with Crippen LogP contribution in [0.25, 0.3) is 11.0 Å². The van der Waals surface area contributed by atoms with Crippen LogP contribution in [-0.2, 0) is 4.79 Å². The first-order chi connectivity index (χ1) is 10.0. The van der Waals surface area contributed by atoms with Crippen LogP contribution < -0.4 is 10.6 Å². The molecule has 2 rings (SSSR count). The largest absolute Gasteiger partial charge is 0.373 e. The molecule has 0 aliphatic rings. The van der Waals surface area contributed by atoms with Crippen molar-refractivity contribution in [3.8, 4) is 0 Å². The number of aromatic nitrogens is 2. The average Bonchev–Trinajstić information content (AvgIpc) is 2.88. The van der Waals surface area contributed by atoms with Gasteiger partial charge in [-0.2, -0.15) is 8.75 Å². The Morgan fingerprint density at radius 1 is 1.33 bits per heavy atom. The number of nitrogens with zero attached hydrogens (tertiary/aromatic N) is 2. The van der Waals surface area contributed by atoms with Gasteiger partial charge in [-0.05, 0) is 19.4 Å². The van der Waals surface area contributed by atoms with Gasteiger partial charge in [-0.1, -0.05) is 36.5 Å². The number of benzene rings is 1.